The molecular formula is C19H21N7. The average molecular weight is 347 g/mol. The van der Waals surface area contributed by atoms with Crippen molar-refractivity contribution in [2.75, 3.05) is 23.3 Å². The van der Waals surface area contributed by atoms with Gasteiger partial charge in [0.15, 0.2) is 0 Å². The molecule has 5 rings (SSSR count). The Morgan fingerprint density at radius 3 is 2.54 bits per heavy atom. The normalized spacial score (nSPS) is 21.8. The summed E-state index contributed by atoms with van der Waals surface area (Å²) in [7, 11) is 0. The van der Waals surface area contributed by atoms with Crippen LogP contribution in [0.1, 0.15) is 12.8 Å². The summed E-state index contributed by atoms with van der Waals surface area (Å²) >= 11 is 0. The van der Waals surface area contributed by atoms with E-state index in [0.717, 1.165) is 41.7 Å². The quantitative estimate of drug-likeness (QED) is 0.673. The first-order chi connectivity index (χ1) is 12.8. The predicted octanol–water partition coefficient (Wildman–Crippen LogP) is 2.55. The number of nitrogens with zero attached hydrogens (tertiary/aromatic N) is 4. The van der Waals surface area contributed by atoms with Crippen molar-refractivity contribution in [1.29, 1.82) is 0 Å². The highest BCUT2D eigenvalue weighted by Crippen LogP contribution is 2.25. The molecule has 0 amide bonds. The number of hydrogen-bond acceptors (Lipinski definition) is 6. The minimum Gasteiger partial charge on any atom is -0.340 e. The second kappa shape index (κ2) is 6.42. The second-order valence-corrected chi connectivity index (χ2v) is 6.97. The fraction of sp³-hybridized carbons (Fsp3) is 0.316. The molecule has 0 spiro atoms. The molecular weight excluding hydrogens is 326 g/mol. The molecule has 2 atom stereocenters. The van der Waals surface area contributed by atoms with Gasteiger partial charge in [-0.1, -0.05) is 12.1 Å². The molecule has 2 aliphatic heterocycles. The smallest absolute Gasteiger partial charge is 0.227 e. The van der Waals surface area contributed by atoms with Gasteiger partial charge in [-0.05, 0) is 36.6 Å². The molecule has 7 nitrogen and oxygen atoms in total. The van der Waals surface area contributed by atoms with E-state index in [1.807, 2.05) is 24.7 Å². The van der Waals surface area contributed by atoms with Crippen molar-refractivity contribution < 1.29 is 0 Å². The number of hydrogen-bond donors (Lipinski definition) is 3. The Hall–Kier alpha value is -2.93. The summed E-state index contributed by atoms with van der Waals surface area (Å²) in [6, 6.07) is 11.3. The van der Waals surface area contributed by atoms with Gasteiger partial charge in [-0.2, -0.15) is 10.1 Å². The molecule has 2 saturated heterocycles. The molecule has 3 N–H and O–H groups in total. The van der Waals surface area contributed by atoms with E-state index in [4.69, 9.17) is 4.98 Å². The SMILES string of the molecule is c1cc(Nc2ccc(-c3cn[nH]c3)cc2)nc(N2CC3CCC(C2)N3)n1. The van der Waals surface area contributed by atoms with Gasteiger partial charge in [0.1, 0.15) is 5.82 Å². The summed E-state index contributed by atoms with van der Waals surface area (Å²) in [6.45, 7) is 1.97. The molecule has 2 fully saturated rings. The van der Waals surface area contributed by atoms with Gasteiger partial charge in [-0.15, -0.1) is 0 Å². The van der Waals surface area contributed by atoms with Crippen LogP contribution >= 0.6 is 0 Å². The molecule has 0 saturated carbocycles. The van der Waals surface area contributed by atoms with Gasteiger partial charge in [0.25, 0.3) is 0 Å². The van der Waals surface area contributed by atoms with Crippen LogP contribution in [0.15, 0.2) is 48.9 Å². The van der Waals surface area contributed by atoms with Crippen LogP contribution < -0.4 is 15.5 Å². The molecule has 26 heavy (non-hydrogen) atoms. The topological polar surface area (TPSA) is 81.8 Å². The van der Waals surface area contributed by atoms with E-state index in [2.05, 4.69) is 55.0 Å². The largest absolute Gasteiger partial charge is 0.340 e. The minimum absolute atomic E-state index is 0.574. The molecule has 4 heterocycles. The number of anilines is 3. The Kier molecular flexibility index (Phi) is 3.79. The molecule has 2 bridgehead atoms. The Morgan fingerprint density at radius 1 is 1.00 bits per heavy atom. The van der Waals surface area contributed by atoms with Gasteiger partial charge in [-0.25, -0.2) is 4.98 Å². The Morgan fingerprint density at radius 2 is 1.81 bits per heavy atom. The zero-order valence-electron chi connectivity index (χ0n) is 14.4. The first-order valence-corrected chi connectivity index (χ1v) is 9.04. The van der Waals surface area contributed by atoms with Crippen LogP contribution in [0, 0.1) is 0 Å². The summed E-state index contributed by atoms with van der Waals surface area (Å²) in [5.74, 6) is 1.63. The molecule has 3 aromatic rings. The van der Waals surface area contributed by atoms with E-state index in [1.165, 1.54) is 12.8 Å². The van der Waals surface area contributed by atoms with Gasteiger partial charge < -0.3 is 15.5 Å². The summed E-state index contributed by atoms with van der Waals surface area (Å²) < 4.78 is 0. The van der Waals surface area contributed by atoms with E-state index in [0.29, 0.717) is 12.1 Å². The summed E-state index contributed by atoms with van der Waals surface area (Å²) in [6.07, 6.45) is 8.04. The average Bonchev–Trinajstić information content (AvgIpc) is 3.32. The number of piperazine rings is 1. The van der Waals surface area contributed by atoms with Crippen LogP contribution in [0.2, 0.25) is 0 Å². The van der Waals surface area contributed by atoms with Crippen molar-refractivity contribution in [2.24, 2.45) is 0 Å². The Labute approximate surface area is 151 Å². The van der Waals surface area contributed by atoms with Crippen molar-refractivity contribution in [2.45, 2.75) is 24.9 Å². The third-order valence-electron chi connectivity index (χ3n) is 5.13. The molecule has 2 aliphatic rings. The van der Waals surface area contributed by atoms with Crippen LogP contribution in [-0.4, -0.2) is 45.3 Å². The lowest BCUT2D eigenvalue weighted by Gasteiger charge is -2.32. The van der Waals surface area contributed by atoms with Gasteiger partial charge in [-0.3, -0.25) is 5.10 Å². The monoisotopic (exact) mass is 347 g/mol. The number of nitrogens with one attached hydrogen (secondary N) is 3. The van der Waals surface area contributed by atoms with E-state index < -0.39 is 0 Å². The fourth-order valence-electron chi connectivity index (χ4n) is 3.83. The van der Waals surface area contributed by atoms with Crippen LogP contribution in [0.25, 0.3) is 11.1 Å². The van der Waals surface area contributed by atoms with Crippen LogP contribution in [-0.2, 0) is 0 Å². The van der Waals surface area contributed by atoms with Gasteiger partial charge in [0.2, 0.25) is 5.95 Å². The van der Waals surface area contributed by atoms with E-state index >= 15 is 0 Å². The maximum Gasteiger partial charge on any atom is 0.227 e. The zero-order chi connectivity index (χ0) is 17.3. The highest BCUT2D eigenvalue weighted by Gasteiger charge is 2.33. The highest BCUT2D eigenvalue weighted by atomic mass is 15.3. The van der Waals surface area contributed by atoms with Crippen LogP contribution in [0.3, 0.4) is 0 Å². The first-order valence-electron chi connectivity index (χ1n) is 9.04. The maximum absolute atomic E-state index is 4.72. The number of rotatable bonds is 4. The van der Waals surface area contributed by atoms with E-state index in [1.54, 1.807) is 0 Å². The standard InChI is InChI=1S/C19H21N7/c1-3-15(4-2-13(1)14-9-21-22-10-14)24-18-7-8-20-19(25-18)26-11-16-5-6-17(12-26)23-16/h1-4,7-10,16-17,23H,5-6,11-12H2,(H,21,22)(H,20,24,25). The zero-order valence-corrected chi connectivity index (χ0v) is 14.4. The Balaban J connectivity index is 1.31. The number of H-pyrrole nitrogens is 1. The third kappa shape index (κ3) is 3.01. The molecule has 1 aromatic carbocycles. The minimum atomic E-state index is 0.574. The lowest BCUT2D eigenvalue weighted by molar-refractivity contribution is 0.461. The van der Waals surface area contributed by atoms with Crippen molar-refractivity contribution in [3.8, 4) is 11.1 Å². The van der Waals surface area contributed by atoms with Gasteiger partial charge in [0, 0.05) is 48.8 Å². The van der Waals surface area contributed by atoms with Crippen molar-refractivity contribution >= 4 is 17.5 Å². The summed E-state index contributed by atoms with van der Waals surface area (Å²) in [5.41, 5.74) is 3.21. The number of aromatic nitrogens is 4. The van der Waals surface area contributed by atoms with Gasteiger partial charge in [0.05, 0.1) is 6.20 Å². The Bertz CT molecular complexity index is 863. The fourth-order valence-corrected chi connectivity index (χ4v) is 3.83. The molecule has 2 aromatic heterocycles. The lowest BCUT2D eigenvalue weighted by Crippen LogP contribution is -2.51. The van der Waals surface area contributed by atoms with Crippen molar-refractivity contribution in [1.82, 2.24) is 25.5 Å². The molecule has 0 radical (unpaired) electrons. The van der Waals surface area contributed by atoms with Crippen LogP contribution in [0.5, 0.6) is 0 Å². The number of benzene rings is 1. The highest BCUT2D eigenvalue weighted by molar-refractivity contribution is 5.66. The number of fused-ring (bicyclic) bond motifs is 2. The van der Waals surface area contributed by atoms with Crippen LogP contribution in [0.4, 0.5) is 17.5 Å². The summed E-state index contributed by atoms with van der Waals surface area (Å²) in [5, 5.41) is 13.8. The van der Waals surface area contributed by atoms with Crippen molar-refractivity contribution in [3.63, 3.8) is 0 Å². The molecule has 7 heteroatoms. The van der Waals surface area contributed by atoms with Gasteiger partial charge >= 0.3 is 0 Å². The second-order valence-electron chi connectivity index (χ2n) is 6.97. The maximum atomic E-state index is 4.72. The van der Waals surface area contributed by atoms with Crippen molar-refractivity contribution in [3.05, 3.63) is 48.9 Å². The third-order valence-corrected chi connectivity index (χ3v) is 5.13. The first kappa shape index (κ1) is 15.3. The van der Waals surface area contributed by atoms with E-state index in [-0.39, 0.29) is 0 Å². The molecule has 132 valence electrons. The molecule has 0 aliphatic carbocycles. The van der Waals surface area contributed by atoms with E-state index in [9.17, 15) is 0 Å². The molecule has 2 unspecified atom stereocenters. The number of aromatic amines is 1. The summed E-state index contributed by atoms with van der Waals surface area (Å²) in [4.78, 5) is 11.5. The lowest BCUT2D eigenvalue weighted by atomic mass is 10.1. The predicted molar refractivity (Wildman–Crippen MR) is 101 cm³/mol.